The van der Waals surface area contributed by atoms with Crippen LogP contribution in [0.3, 0.4) is 0 Å². The third-order valence-corrected chi connectivity index (χ3v) is 6.11. The van der Waals surface area contributed by atoms with Crippen LogP contribution in [0.1, 0.15) is 32.6 Å². The highest BCUT2D eigenvalue weighted by Gasteiger charge is 2.34. The summed E-state index contributed by atoms with van der Waals surface area (Å²) in [6, 6.07) is 5.34. The van der Waals surface area contributed by atoms with E-state index in [1.165, 1.54) is 0 Å². The molecule has 2 fully saturated rings. The predicted octanol–water partition coefficient (Wildman–Crippen LogP) is 2.46. The number of anilines is 1. The number of nitrogens with zero attached hydrogens (tertiary/aromatic N) is 2. The fourth-order valence-electron chi connectivity index (χ4n) is 4.40. The minimum absolute atomic E-state index is 0.0443. The summed E-state index contributed by atoms with van der Waals surface area (Å²) < 4.78 is 15.7. The Labute approximate surface area is 181 Å². The molecule has 31 heavy (non-hydrogen) atoms. The van der Waals surface area contributed by atoms with Gasteiger partial charge in [0.15, 0.2) is 11.5 Å². The third-order valence-electron chi connectivity index (χ3n) is 6.11. The Morgan fingerprint density at radius 1 is 1.03 bits per heavy atom. The number of hydrogen-bond acceptors (Lipinski definition) is 6. The number of nitrogens with one attached hydrogen (secondary N) is 1. The van der Waals surface area contributed by atoms with Gasteiger partial charge in [-0.15, -0.1) is 0 Å². The monoisotopic (exact) mass is 431 g/mol. The topological polar surface area (TPSA) is 97.4 Å². The number of hydrogen-bond donors (Lipinski definition) is 1. The van der Waals surface area contributed by atoms with Crippen molar-refractivity contribution in [2.45, 2.75) is 32.6 Å². The summed E-state index contributed by atoms with van der Waals surface area (Å²) in [5.74, 6) is 0.992. The first-order chi connectivity index (χ1) is 15.0. The highest BCUT2D eigenvalue weighted by atomic mass is 16.7. The van der Waals surface area contributed by atoms with Crippen molar-refractivity contribution in [3.63, 3.8) is 0 Å². The number of piperidine rings is 2. The first-order valence-corrected chi connectivity index (χ1v) is 11.0. The molecule has 1 atom stereocenters. The van der Waals surface area contributed by atoms with Crippen molar-refractivity contribution in [1.82, 2.24) is 9.80 Å². The van der Waals surface area contributed by atoms with Gasteiger partial charge in [0.2, 0.25) is 18.6 Å². The van der Waals surface area contributed by atoms with Gasteiger partial charge < -0.3 is 29.3 Å². The van der Waals surface area contributed by atoms with E-state index in [4.69, 9.17) is 14.2 Å². The molecule has 0 spiro atoms. The zero-order chi connectivity index (χ0) is 21.8. The smallest absolute Gasteiger partial charge is 0.409 e. The Hall–Kier alpha value is -2.97. The predicted molar refractivity (Wildman–Crippen MR) is 112 cm³/mol. The Kier molecular flexibility index (Phi) is 6.48. The van der Waals surface area contributed by atoms with E-state index in [2.05, 4.69) is 5.32 Å². The van der Waals surface area contributed by atoms with Gasteiger partial charge in [0.25, 0.3) is 0 Å². The van der Waals surface area contributed by atoms with Gasteiger partial charge in [-0.3, -0.25) is 9.59 Å². The summed E-state index contributed by atoms with van der Waals surface area (Å²) in [6.07, 6.45) is 2.47. The second-order valence-corrected chi connectivity index (χ2v) is 8.14. The molecule has 0 aromatic heterocycles. The minimum Gasteiger partial charge on any atom is -0.454 e. The Balaban J connectivity index is 1.26. The van der Waals surface area contributed by atoms with Crippen molar-refractivity contribution in [1.29, 1.82) is 0 Å². The average molecular weight is 431 g/mol. The van der Waals surface area contributed by atoms with Crippen molar-refractivity contribution in [2.75, 3.05) is 44.9 Å². The van der Waals surface area contributed by atoms with Gasteiger partial charge in [0, 0.05) is 43.9 Å². The number of amides is 3. The highest BCUT2D eigenvalue weighted by molar-refractivity contribution is 5.93. The van der Waals surface area contributed by atoms with Gasteiger partial charge in [0.05, 0.1) is 12.5 Å². The van der Waals surface area contributed by atoms with Crippen LogP contribution in [-0.2, 0) is 14.3 Å². The van der Waals surface area contributed by atoms with Gasteiger partial charge in [-0.25, -0.2) is 4.79 Å². The SMILES string of the molecule is CCOC(=O)N1CCC[C@H](C(=O)N2CCC(C(=O)Nc3ccc4c(c3)OCO4)CC2)C1. The van der Waals surface area contributed by atoms with Gasteiger partial charge in [-0.05, 0) is 44.7 Å². The maximum atomic E-state index is 13.0. The maximum Gasteiger partial charge on any atom is 0.409 e. The molecular formula is C22H29N3O6. The van der Waals surface area contributed by atoms with Crippen molar-refractivity contribution in [2.24, 2.45) is 11.8 Å². The lowest BCUT2D eigenvalue weighted by atomic mass is 9.92. The summed E-state index contributed by atoms with van der Waals surface area (Å²) in [5.41, 5.74) is 0.675. The summed E-state index contributed by atoms with van der Waals surface area (Å²) in [5, 5.41) is 2.94. The van der Waals surface area contributed by atoms with Crippen molar-refractivity contribution >= 4 is 23.6 Å². The fourth-order valence-corrected chi connectivity index (χ4v) is 4.40. The van der Waals surface area contributed by atoms with Crippen LogP contribution in [0, 0.1) is 11.8 Å². The van der Waals surface area contributed by atoms with Crippen molar-refractivity contribution in [3.05, 3.63) is 18.2 Å². The Morgan fingerprint density at radius 3 is 2.58 bits per heavy atom. The number of ether oxygens (including phenoxy) is 3. The maximum absolute atomic E-state index is 13.0. The summed E-state index contributed by atoms with van der Waals surface area (Å²) in [4.78, 5) is 41.1. The Bertz CT molecular complexity index is 837. The second-order valence-electron chi connectivity index (χ2n) is 8.14. The molecule has 2 saturated heterocycles. The molecule has 0 bridgehead atoms. The van der Waals surface area contributed by atoms with Gasteiger partial charge in [0.1, 0.15) is 0 Å². The molecule has 1 N–H and O–H groups in total. The summed E-state index contributed by atoms with van der Waals surface area (Å²) in [6.45, 7) is 4.43. The Morgan fingerprint density at radius 2 is 1.81 bits per heavy atom. The lowest BCUT2D eigenvalue weighted by Crippen LogP contribution is -2.49. The van der Waals surface area contributed by atoms with Crippen LogP contribution >= 0.6 is 0 Å². The molecule has 1 aromatic carbocycles. The summed E-state index contributed by atoms with van der Waals surface area (Å²) >= 11 is 0. The van der Waals surface area contributed by atoms with Gasteiger partial charge in [-0.2, -0.15) is 0 Å². The van der Waals surface area contributed by atoms with Crippen molar-refractivity contribution < 1.29 is 28.6 Å². The standard InChI is InChI=1S/C22H29N3O6/c1-2-29-22(28)25-9-3-4-16(13-25)21(27)24-10-7-15(8-11-24)20(26)23-17-5-6-18-19(12-17)31-14-30-18/h5-6,12,15-16H,2-4,7-11,13-14H2,1H3,(H,23,26)/t16-/m0/s1. The van der Waals surface area contributed by atoms with Crippen LogP contribution in [0.5, 0.6) is 11.5 Å². The van der Waals surface area contributed by atoms with Crippen molar-refractivity contribution in [3.8, 4) is 11.5 Å². The van der Waals surface area contributed by atoms with E-state index in [1.54, 1.807) is 30.0 Å². The average Bonchev–Trinajstić information content (AvgIpc) is 3.27. The van der Waals surface area contributed by atoms with Crippen LogP contribution in [0.25, 0.3) is 0 Å². The zero-order valence-corrected chi connectivity index (χ0v) is 17.8. The second kappa shape index (κ2) is 9.45. The molecule has 3 aliphatic rings. The van der Waals surface area contributed by atoms with Crippen LogP contribution < -0.4 is 14.8 Å². The number of fused-ring (bicyclic) bond motifs is 1. The molecule has 9 nitrogen and oxygen atoms in total. The highest BCUT2D eigenvalue weighted by Crippen LogP contribution is 2.34. The zero-order valence-electron chi connectivity index (χ0n) is 17.8. The van der Waals surface area contributed by atoms with Crippen LogP contribution in [0.4, 0.5) is 10.5 Å². The van der Waals surface area contributed by atoms with Crippen LogP contribution in [0.15, 0.2) is 18.2 Å². The molecule has 0 unspecified atom stereocenters. The van der Waals surface area contributed by atoms with E-state index in [1.807, 2.05) is 4.90 Å². The van der Waals surface area contributed by atoms with Gasteiger partial charge >= 0.3 is 6.09 Å². The number of carbonyl (C=O) groups excluding carboxylic acids is 3. The van der Waals surface area contributed by atoms with Crippen LogP contribution in [-0.4, -0.2) is 67.3 Å². The van der Waals surface area contributed by atoms with Gasteiger partial charge in [-0.1, -0.05) is 0 Å². The molecule has 0 aliphatic carbocycles. The molecule has 1 aromatic rings. The number of benzene rings is 1. The van der Waals surface area contributed by atoms with E-state index in [0.717, 1.165) is 12.8 Å². The molecule has 0 radical (unpaired) electrons. The van der Waals surface area contributed by atoms with Crippen LogP contribution in [0.2, 0.25) is 0 Å². The van der Waals surface area contributed by atoms with E-state index >= 15 is 0 Å². The molecule has 9 heteroatoms. The number of rotatable bonds is 4. The minimum atomic E-state index is -0.348. The first-order valence-electron chi connectivity index (χ1n) is 11.0. The molecule has 168 valence electrons. The van der Waals surface area contributed by atoms with E-state index in [-0.39, 0.29) is 36.5 Å². The molecule has 3 aliphatic heterocycles. The quantitative estimate of drug-likeness (QED) is 0.787. The normalized spacial score (nSPS) is 21.0. The number of carbonyl (C=O) groups is 3. The largest absolute Gasteiger partial charge is 0.454 e. The molecule has 3 heterocycles. The van der Waals surface area contributed by atoms with E-state index in [0.29, 0.717) is 62.8 Å². The molecule has 4 rings (SSSR count). The first kappa shape index (κ1) is 21.3. The van der Waals surface area contributed by atoms with E-state index < -0.39 is 0 Å². The molecule has 3 amide bonds. The lowest BCUT2D eigenvalue weighted by molar-refractivity contribution is -0.139. The summed E-state index contributed by atoms with van der Waals surface area (Å²) in [7, 11) is 0. The molecule has 0 saturated carbocycles. The molecular weight excluding hydrogens is 402 g/mol. The fraction of sp³-hybridized carbons (Fsp3) is 0.591. The number of likely N-dealkylation sites (tertiary alicyclic amines) is 2. The van der Waals surface area contributed by atoms with E-state index in [9.17, 15) is 14.4 Å². The lowest BCUT2D eigenvalue weighted by Gasteiger charge is -2.37. The third kappa shape index (κ3) is 4.86.